The molecule has 2 aromatic rings. The summed E-state index contributed by atoms with van der Waals surface area (Å²) >= 11 is 0. The molecule has 1 unspecified atom stereocenters. The Morgan fingerprint density at radius 2 is 2.17 bits per heavy atom. The minimum absolute atomic E-state index is 0.00427. The molecule has 2 aromatic heterocycles. The number of ether oxygens (including phenoxy) is 2. The Morgan fingerprint density at radius 1 is 1.31 bits per heavy atom. The zero-order valence-corrected chi connectivity index (χ0v) is 16.0. The van der Waals surface area contributed by atoms with Gasteiger partial charge < -0.3 is 20.1 Å². The Hall–Kier alpha value is -2.91. The molecule has 29 heavy (non-hydrogen) atoms. The number of aromatic nitrogens is 3. The lowest BCUT2D eigenvalue weighted by Gasteiger charge is -2.18. The van der Waals surface area contributed by atoms with E-state index in [1.165, 1.54) is 0 Å². The van der Waals surface area contributed by atoms with Crippen molar-refractivity contribution in [2.45, 2.75) is 56.8 Å². The summed E-state index contributed by atoms with van der Waals surface area (Å²) in [4.78, 5) is 16.2. The number of H-pyrrole nitrogens is 1. The number of rotatable bonds is 0. The number of carbonyl (C=O) groups excluding carboxylic acids is 1. The fourth-order valence-corrected chi connectivity index (χ4v) is 3.71. The third-order valence-electron chi connectivity index (χ3n) is 5.22. The molecule has 6 bridgehead atoms. The molecule has 1 aliphatic heterocycles. The molecular weight excluding hydrogens is 384 g/mol. The fraction of sp³-hybridized carbons (Fsp3) is 0.526. The van der Waals surface area contributed by atoms with Crippen molar-refractivity contribution in [2.24, 2.45) is 0 Å². The summed E-state index contributed by atoms with van der Waals surface area (Å²) in [6, 6.07) is 3.17. The first-order chi connectivity index (χ1) is 14.0. The standard InChI is InChI=1S/C19H23F2N5O3/c1-10-3-2-6-28-15-9-12(4-5-22-15)24-18-16(21)17(25-26-18)11-7-13(20)14(8-11)29-19(27)23-10/h4-5,9-11,13-14H,2-3,6-8H2,1H3,(H,23,27)(H2,24,25,26)/t10-,11?,13-,14+/m0/s1. The highest BCUT2D eigenvalue weighted by Crippen LogP contribution is 2.39. The van der Waals surface area contributed by atoms with Crippen molar-refractivity contribution in [2.75, 3.05) is 11.9 Å². The van der Waals surface area contributed by atoms with E-state index in [1.807, 2.05) is 6.92 Å². The Balaban J connectivity index is 1.59. The predicted octanol–water partition coefficient (Wildman–Crippen LogP) is 3.56. The lowest BCUT2D eigenvalue weighted by molar-refractivity contribution is 0.0586. The van der Waals surface area contributed by atoms with Crippen LogP contribution in [0.25, 0.3) is 0 Å². The van der Waals surface area contributed by atoms with Crippen molar-refractivity contribution in [1.29, 1.82) is 0 Å². The second-order valence-corrected chi connectivity index (χ2v) is 7.47. The van der Waals surface area contributed by atoms with Crippen molar-refractivity contribution >= 4 is 17.6 Å². The van der Waals surface area contributed by atoms with Gasteiger partial charge in [0.15, 0.2) is 11.6 Å². The van der Waals surface area contributed by atoms with Crippen LogP contribution >= 0.6 is 0 Å². The van der Waals surface area contributed by atoms with E-state index in [0.29, 0.717) is 31.0 Å². The van der Waals surface area contributed by atoms with E-state index in [1.54, 1.807) is 18.3 Å². The van der Waals surface area contributed by atoms with Gasteiger partial charge in [-0.15, -0.1) is 0 Å². The zero-order chi connectivity index (χ0) is 20.4. The van der Waals surface area contributed by atoms with Crippen LogP contribution in [0.15, 0.2) is 18.3 Å². The first kappa shape index (κ1) is 19.4. The minimum Gasteiger partial charge on any atom is -0.478 e. The Morgan fingerprint density at radius 3 is 3.03 bits per heavy atom. The number of halogens is 2. The molecule has 1 amide bonds. The van der Waals surface area contributed by atoms with Gasteiger partial charge in [0.05, 0.1) is 12.3 Å². The summed E-state index contributed by atoms with van der Waals surface area (Å²) in [6.45, 7) is 2.24. The van der Waals surface area contributed by atoms with Crippen LogP contribution in [0.5, 0.6) is 5.88 Å². The number of hydrogen-bond acceptors (Lipinski definition) is 6. The number of amides is 1. The molecule has 1 fully saturated rings. The minimum atomic E-state index is -1.36. The summed E-state index contributed by atoms with van der Waals surface area (Å²) < 4.78 is 40.2. The molecule has 0 radical (unpaired) electrons. The Bertz CT molecular complexity index is 877. The van der Waals surface area contributed by atoms with Crippen LogP contribution in [0, 0.1) is 5.82 Å². The van der Waals surface area contributed by atoms with Gasteiger partial charge >= 0.3 is 6.09 Å². The van der Waals surface area contributed by atoms with Crippen LogP contribution in [0.4, 0.5) is 25.1 Å². The monoisotopic (exact) mass is 407 g/mol. The van der Waals surface area contributed by atoms with Crippen LogP contribution in [0.1, 0.15) is 44.2 Å². The highest BCUT2D eigenvalue weighted by molar-refractivity contribution is 5.67. The van der Waals surface area contributed by atoms with Crippen molar-refractivity contribution in [3.8, 4) is 5.88 Å². The molecule has 156 valence electrons. The van der Waals surface area contributed by atoms with E-state index in [-0.39, 0.29) is 30.4 Å². The van der Waals surface area contributed by atoms with E-state index < -0.39 is 30.1 Å². The molecule has 4 atom stereocenters. The lowest BCUT2D eigenvalue weighted by atomic mass is 10.0. The van der Waals surface area contributed by atoms with Gasteiger partial charge in [-0.3, -0.25) is 5.10 Å². The molecule has 0 spiro atoms. The summed E-state index contributed by atoms with van der Waals surface area (Å²) in [5.74, 6) is -0.643. The van der Waals surface area contributed by atoms with Crippen LogP contribution < -0.4 is 15.4 Å². The van der Waals surface area contributed by atoms with E-state index in [2.05, 4.69) is 25.8 Å². The molecule has 3 heterocycles. The van der Waals surface area contributed by atoms with Gasteiger partial charge in [-0.05, 0) is 38.7 Å². The number of aromatic amines is 1. The van der Waals surface area contributed by atoms with Crippen LogP contribution in [0.3, 0.4) is 0 Å². The normalized spacial score (nSPS) is 27.6. The first-order valence-corrected chi connectivity index (χ1v) is 9.70. The van der Waals surface area contributed by atoms with Crippen molar-refractivity contribution in [3.63, 3.8) is 0 Å². The maximum Gasteiger partial charge on any atom is 0.407 e. The van der Waals surface area contributed by atoms with E-state index in [4.69, 9.17) is 9.47 Å². The van der Waals surface area contributed by atoms with E-state index in [9.17, 15) is 13.6 Å². The topological polar surface area (TPSA) is 101 Å². The second kappa shape index (κ2) is 8.22. The molecule has 4 rings (SSSR count). The van der Waals surface area contributed by atoms with Gasteiger partial charge in [0.2, 0.25) is 5.88 Å². The number of alkyl carbamates (subject to hydrolysis) is 1. The molecule has 2 aliphatic rings. The smallest absolute Gasteiger partial charge is 0.407 e. The van der Waals surface area contributed by atoms with Gasteiger partial charge in [0.25, 0.3) is 0 Å². The molecule has 3 N–H and O–H groups in total. The van der Waals surface area contributed by atoms with Gasteiger partial charge in [-0.2, -0.15) is 5.10 Å². The maximum atomic E-state index is 14.9. The quantitative estimate of drug-likeness (QED) is 0.617. The van der Waals surface area contributed by atoms with Gasteiger partial charge in [0.1, 0.15) is 12.3 Å². The Labute approximate surface area is 166 Å². The third-order valence-corrected chi connectivity index (χ3v) is 5.22. The molecule has 0 saturated heterocycles. The average molecular weight is 407 g/mol. The number of anilines is 2. The number of nitrogens with zero attached hydrogens (tertiary/aromatic N) is 2. The summed E-state index contributed by atoms with van der Waals surface area (Å²) in [7, 11) is 0. The highest BCUT2D eigenvalue weighted by Gasteiger charge is 2.40. The highest BCUT2D eigenvalue weighted by atomic mass is 19.1. The van der Waals surface area contributed by atoms with E-state index >= 15 is 0 Å². The average Bonchev–Trinajstić information content (AvgIpc) is 3.21. The molecule has 0 aromatic carbocycles. The van der Waals surface area contributed by atoms with Crippen molar-refractivity contribution in [3.05, 3.63) is 29.8 Å². The summed E-state index contributed by atoms with van der Waals surface area (Å²) in [5.41, 5.74) is 0.770. The lowest BCUT2D eigenvalue weighted by Crippen LogP contribution is -2.37. The zero-order valence-electron chi connectivity index (χ0n) is 16.0. The van der Waals surface area contributed by atoms with Crippen LogP contribution in [-0.2, 0) is 4.74 Å². The van der Waals surface area contributed by atoms with Crippen LogP contribution in [0.2, 0.25) is 0 Å². The number of pyridine rings is 1. The SMILES string of the molecule is C[C@H]1CCCOc2cc(ccn2)Nc2n[nH]c(c2F)C2C[C@H](F)[C@@H](C2)OC(=O)N1. The number of nitrogens with one attached hydrogen (secondary N) is 3. The molecule has 1 aliphatic carbocycles. The fourth-order valence-electron chi connectivity index (χ4n) is 3.71. The summed E-state index contributed by atoms with van der Waals surface area (Å²) in [5, 5.41) is 12.2. The van der Waals surface area contributed by atoms with Crippen molar-refractivity contribution < 1.29 is 23.0 Å². The van der Waals surface area contributed by atoms with Gasteiger partial charge in [0, 0.05) is 29.9 Å². The second-order valence-electron chi connectivity index (χ2n) is 7.47. The number of hydrogen-bond donors (Lipinski definition) is 3. The van der Waals surface area contributed by atoms with Crippen molar-refractivity contribution in [1.82, 2.24) is 20.5 Å². The molecule has 10 heteroatoms. The summed E-state index contributed by atoms with van der Waals surface area (Å²) in [6.07, 6.45) is 0.183. The van der Waals surface area contributed by atoms with Gasteiger partial charge in [-0.25, -0.2) is 18.6 Å². The van der Waals surface area contributed by atoms with E-state index in [0.717, 1.165) is 0 Å². The molecular formula is C19H23F2N5O3. The first-order valence-electron chi connectivity index (χ1n) is 9.70. The number of carbonyl (C=O) groups is 1. The predicted molar refractivity (Wildman–Crippen MR) is 101 cm³/mol. The number of alkyl halides is 1. The molecule has 1 saturated carbocycles. The Kier molecular flexibility index (Phi) is 5.50. The molecule has 8 nitrogen and oxygen atoms in total. The number of fused-ring (bicyclic) bond motifs is 7. The third kappa shape index (κ3) is 4.41. The van der Waals surface area contributed by atoms with Crippen LogP contribution in [-0.4, -0.2) is 46.2 Å². The largest absolute Gasteiger partial charge is 0.478 e. The maximum absolute atomic E-state index is 14.9. The van der Waals surface area contributed by atoms with Gasteiger partial charge in [-0.1, -0.05) is 0 Å².